The van der Waals surface area contributed by atoms with Crippen LogP contribution in [0.5, 0.6) is 0 Å². The van der Waals surface area contributed by atoms with E-state index in [4.69, 9.17) is 21.3 Å². The van der Waals surface area contributed by atoms with E-state index >= 15 is 0 Å². The minimum Gasteiger partial charge on any atom is -0.379 e. The number of ether oxygens (including phenoxy) is 1. The van der Waals surface area contributed by atoms with Crippen LogP contribution in [-0.2, 0) is 4.74 Å². The number of carbonyl (C=O) groups excluding carboxylic acids is 1. The van der Waals surface area contributed by atoms with Gasteiger partial charge in [0.2, 0.25) is 0 Å². The molecule has 2 aliphatic rings. The number of halogens is 1. The summed E-state index contributed by atoms with van der Waals surface area (Å²) < 4.78 is 5.50. The number of rotatable bonds is 5. The summed E-state index contributed by atoms with van der Waals surface area (Å²) in [6.07, 6.45) is 2.37. The van der Waals surface area contributed by atoms with Crippen LogP contribution >= 0.6 is 11.6 Å². The maximum absolute atomic E-state index is 12.2. The quantitative estimate of drug-likeness (QED) is 0.544. The normalized spacial score (nSPS) is 17.9. The third kappa shape index (κ3) is 4.83. The number of hydrogen-bond acceptors (Lipinski definition) is 5. The fourth-order valence-electron chi connectivity index (χ4n) is 4.84. The van der Waals surface area contributed by atoms with E-state index < -0.39 is 0 Å². The molecular formula is C26H29ClN4O2. The van der Waals surface area contributed by atoms with Gasteiger partial charge in [0.1, 0.15) is 11.5 Å². The molecule has 2 saturated heterocycles. The van der Waals surface area contributed by atoms with Crippen molar-refractivity contribution in [2.75, 3.05) is 44.3 Å². The van der Waals surface area contributed by atoms with E-state index in [1.165, 1.54) is 18.5 Å². The molecule has 2 aliphatic heterocycles. The summed E-state index contributed by atoms with van der Waals surface area (Å²) in [5.74, 6) is 0.654. The third-order valence-electron chi connectivity index (χ3n) is 6.71. The van der Waals surface area contributed by atoms with Crippen molar-refractivity contribution in [2.45, 2.75) is 25.8 Å². The maximum atomic E-state index is 12.2. The predicted octanol–water partition coefficient (Wildman–Crippen LogP) is 4.90. The second-order valence-corrected chi connectivity index (χ2v) is 9.22. The molecule has 172 valence electrons. The minimum absolute atomic E-state index is 0.0431. The van der Waals surface area contributed by atoms with Crippen LogP contribution in [0, 0.1) is 0 Å². The number of piperidine rings is 1. The lowest BCUT2D eigenvalue weighted by Gasteiger charge is -2.40. The van der Waals surface area contributed by atoms with Crippen molar-refractivity contribution in [3.05, 3.63) is 59.2 Å². The lowest BCUT2D eigenvalue weighted by molar-refractivity contribution is 0.0115. The highest BCUT2D eigenvalue weighted by atomic mass is 35.5. The average molecular weight is 465 g/mol. The smallest absolute Gasteiger partial charge is 0.178 e. The number of anilines is 1. The predicted molar refractivity (Wildman–Crippen MR) is 132 cm³/mol. The average Bonchev–Trinajstić information content (AvgIpc) is 3.31. The number of aromatic amines is 1. The van der Waals surface area contributed by atoms with Gasteiger partial charge in [-0.3, -0.25) is 9.69 Å². The number of morpholine rings is 1. The molecular weight excluding hydrogens is 436 g/mol. The van der Waals surface area contributed by atoms with Gasteiger partial charge in [0.15, 0.2) is 5.78 Å². The van der Waals surface area contributed by atoms with Crippen LogP contribution in [0.25, 0.3) is 22.6 Å². The van der Waals surface area contributed by atoms with E-state index in [0.29, 0.717) is 28.3 Å². The number of nitrogens with zero attached hydrogens (tertiary/aromatic N) is 3. The Hall–Kier alpha value is -2.67. The molecule has 0 aliphatic carbocycles. The van der Waals surface area contributed by atoms with Crippen molar-refractivity contribution in [3.8, 4) is 22.6 Å². The van der Waals surface area contributed by atoms with Gasteiger partial charge in [0.05, 0.1) is 18.9 Å². The summed E-state index contributed by atoms with van der Waals surface area (Å²) >= 11 is 6.02. The Morgan fingerprint density at radius 2 is 1.61 bits per heavy atom. The van der Waals surface area contributed by atoms with Gasteiger partial charge in [-0.15, -0.1) is 0 Å². The summed E-state index contributed by atoms with van der Waals surface area (Å²) in [5.41, 5.74) is 4.23. The topological polar surface area (TPSA) is 61.5 Å². The van der Waals surface area contributed by atoms with Crippen molar-refractivity contribution in [1.29, 1.82) is 0 Å². The molecule has 1 N–H and O–H groups in total. The van der Waals surface area contributed by atoms with Crippen LogP contribution in [0.2, 0.25) is 5.02 Å². The van der Waals surface area contributed by atoms with Crippen LogP contribution in [0.15, 0.2) is 48.5 Å². The molecule has 6 nitrogen and oxygen atoms in total. The first-order valence-electron chi connectivity index (χ1n) is 11.6. The van der Waals surface area contributed by atoms with Crippen LogP contribution in [-0.4, -0.2) is 66.1 Å². The second kappa shape index (κ2) is 9.67. The summed E-state index contributed by atoms with van der Waals surface area (Å²) in [7, 11) is 0. The van der Waals surface area contributed by atoms with Gasteiger partial charge >= 0.3 is 0 Å². The number of hydrogen-bond donors (Lipinski definition) is 1. The zero-order chi connectivity index (χ0) is 22.8. The summed E-state index contributed by atoms with van der Waals surface area (Å²) in [6, 6.07) is 16.5. The Morgan fingerprint density at radius 3 is 2.24 bits per heavy atom. The zero-order valence-corrected chi connectivity index (χ0v) is 19.6. The third-order valence-corrected chi connectivity index (χ3v) is 6.96. The number of nitrogens with one attached hydrogen (secondary N) is 1. The number of Topliss-reactive ketones (excluding diaryl/α,β-unsaturated/α-hetero) is 1. The van der Waals surface area contributed by atoms with Crippen molar-refractivity contribution < 1.29 is 9.53 Å². The van der Waals surface area contributed by atoms with Crippen LogP contribution in [0.4, 0.5) is 5.69 Å². The standard InChI is InChI=1S/C26H29ClN4O2/c1-18(32)24-25(19-2-6-21(27)7-3-19)29-26(28-24)20-4-8-22(9-5-20)30-12-10-23(11-13-30)31-14-16-33-17-15-31/h2-9,23H,10-17H2,1H3,(H,28,29). The van der Waals surface area contributed by atoms with Crippen molar-refractivity contribution in [3.63, 3.8) is 0 Å². The van der Waals surface area contributed by atoms with E-state index in [1.54, 1.807) is 6.92 Å². The SMILES string of the molecule is CC(=O)c1[nH]c(-c2ccc(N3CCC(N4CCOCC4)CC3)cc2)nc1-c1ccc(Cl)cc1. The Labute approximate surface area is 199 Å². The molecule has 33 heavy (non-hydrogen) atoms. The molecule has 0 saturated carbocycles. The maximum Gasteiger partial charge on any atom is 0.178 e. The van der Waals surface area contributed by atoms with Gasteiger partial charge in [-0.05, 0) is 49.2 Å². The molecule has 0 spiro atoms. The summed E-state index contributed by atoms with van der Waals surface area (Å²) in [4.78, 5) is 25.3. The lowest BCUT2D eigenvalue weighted by atomic mass is 10.0. The largest absolute Gasteiger partial charge is 0.379 e. The van der Waals surface area contributed by atoms with E-state index in [1.807, 2.05) is 24.3 Å². The van der Waals surface area contributed by atoms with Gasteiger partial charge in [0.25, 0.3) is 0 Å². The summed E-state index contributed by atoms with van der Waals surface area (Å²) in [5, 5.41) is 0.656. The van der Waals surface area contributed by atoms with Crippen molar-refractivity contribution in [2.24, 2.45) is 0 Å². The van der Waals surface area contributed by atoms with Gasteiger partial charge in [-0.2, -0.15) is 0 Å². The molecule has 2 aromatic carbocycles. The monoisotopic (exact) mass is 464 g/mol. The highest BCUT2D eigenvalue weighted by Crippen LogP contribution is 2.29. The fraction of sp³-hybridized carbons (Fsp3) is 0.385. The summed E-state index contributed by atoms with van der Waals surface area (Å²) in [6.45, 7) is 7.53. The first-order valence-corrected chi connectivity index (χ1v) is 12.0. The van der Waals surface area contributed by atoms with Gasteiger partial charge < -0.3 is 14.6 Å². The van der Waals surface area contributed by atoms with E-state index in [-0.39, 0.29) is 5.78 Å². The number of carbonyl (C=O) groups is 1. The van der Waals surface area contributed by atoms with Crippen LogP contribution in [0.1, 0.15) is 30.3 Å². The number of H-pyrrole nitrogens is 1. The molecule has 1 aromatic heterocycles. The molecule has 7 heteroatoms. The second-order valence-electron chi connectivity index (χ2n) is 8.79. The van der Waals surface area contributed by atoms with Crippen molar-refractivity contribution >= 4 is 23.1 Å². The van der Waals surface area contributed by atoms with Gasteiger partial charge in [-0.25, -0.2) is 4.98 Å². The Morgan fingerprint density at radius 1 is 0.970 bits per heavy atom. The first kappa shape index (κ1) is 22.1. The molecule has 2 fully saturated rings. The van der Waals surface area contributed by atoms with Gasteiger partial charge in [-0.1, -0.05) is 23.7 Å². The Kier molecular flexibility index (Phi) is 6.49. The molecule has 3 aromatic rings. The number of ketones is 1. The Balaban J connectivity index is 1.30. The first-order chi connectivity index (χ1) is 16.1. The van der Waals surface area contributed by atoms with Crippen molar-refractivity contribution in [1.82, 2.24) is 14.9 Å². The Bertz CT molecular complexity index is 1100. The molecule has 0 amide bonds. The van der Waals surface area contributed by atoms with Gasteiger partial charge in [0, 0.05) is 61.0 Å². The molecule has 3 heterocycles. The number of imidazole rings is 1. The van der Waals surface area contributed by atoms with Crippen LogP contribution < -0.4 is 4.90 Å². The molecule has 5 rings (SSSR count). The highest BCUT2D eigenvalue weighted by molar-refractivity contribution is 6.30. The number of benzene rings is 2. The lowest BCUT2D eigenvalue weighted by Crippen LogP contribution is -2.49. The van der Waals surface area contributed by atoms with E-state index in [2.05, 4.69) is 39.0 Å². The molecule has 0 radical (unpaired) electrons. The minimum atomic E-state index is -0.0431. The molecule has 0 atom stereocenters. The molecule has 0 unspecified atom stereocenters. The molecule has 0 bridgehead atoms. The van der Waals surface area contributed by atoms with E-state index in [0.717, 1.165) is 50.5 Å². The van der Waals surface area contributed by atoms with Crippen LogP contribution in [0.3, 0.4) is 0 Å². The zero-order valence-electron chi connectivity index (χ0n) is 18.9. The fourth-order valence-corrected chi connectivity index (χ4v) is 4.97. The highest BCUT2D eigenvalue weighted by Gasteiger charge is 2.26. The number of aromatic nitrogens is 2. The van der Waals surface area contributed by atoms with E-state index in [9.17, 15) is 4.79 Å².